The lowest BCUT2D eigenvalue weighted by molar-refractivity contribution is -0.141. The number of carboxylic acid groups (broad SMARTS) is 1. The molecule has 1 aromatic heterocycles. The molecule has 0 aliphatic heterocycles. The van der Waals surface area contributed by atoms with E-state index in [4.69, 9.17) is 22.5 Å². The zero-order valence-electron chi connectivity index (χ0n) is 12.4. The third-order valence-electron chi connectivity index (χ3n) is 2.69. The minimum Gasteiger partial charge on any atom is -0.481 e. The number of aromatic nitrogens is 1. The van der Waals surface area contributed by atoms with E-state index in [-0.39, 0.29) is 6.42 Å². The summed E-state index contributed by atoms with van der Waals surface area (Å²) in [4.78, 5) is 14.5. The van der Waals surface area contributed by atoms with E-state index in [0.29, 0.717) is 18.1 Å². The molecule has 0 saturated carbocycles. The molecule has 0 spiro atoms. The number of nitrogens with one attached hydrogen (secondary N) is 1. The Balaban J connectivity index is 0.000000423. The van der Waals surface area contributed by atoms with E-state index in [2.05, 4.69) is 15.5 Å². The number of amidine groups is 1. The second-order valence-electron chi connectivity index (χ2n) is 4.51. The molecule has 0 aliphatic rings. The number of carbonyl (C=O) groups is 1. The Morgan fingerprint density at radius 2 is 2.24 bits per heavy atom. The zero-order valence-corrected chi connectivity index (χ0v) is 12.4. The molecule has 8 nitrogen and oxygen atoms in total. The van der Waals surface area contributed by atoms with Crippen LogP contribution in [-0.2, 0) is 4.79 Å². The van der Waals surface area contributed by atoms with Crippen molar-refractivity contribution in [2.75, 3.05) is 5.73 Å². The summed E-state index contributed by atoms with van der Waals surface area (Å²) in [5.74, 6) is 9.63. The maximum atomic E-state index is 10.7. The maximum Gasteiger partial charge on any atom is 0.306 e. The molecule has 0 amide bonds. The van der Waals surface area contributed by atoms with Gasteiger partial charge in [-0.2, -0.15) is 5.10 Å². The van der Waals surface area contributed by atoms with Gasteiger partial charge in [-0.3, -0.25) is 4.79 Å². The second kappa shape index (κ2) is 10.4. The number of nitrogens with two attached hydrogens (primary N) is 3. The van der Waals surface area contributed by atoms with Crippen LogP contribution in [0.4, 0.5) is 5.82 Å². The number of hydrogen-bond acceptors (Lipinski definition) is 6. The number of nitrogen functional groups attached to an aromatic ring is 1. The SMILES string of the molecule is CCCC(C/C(=N/N)NN)C(=O)O.Cc1ccnc(N)c1. The Labute approximate surface area is 124 Å². The topological polar surface area (TPSA) is 153 Å². The van der Waals surface area contributed by atoms with Crippen LogP contribution in [0.15, 0.2) is 23.4 Å². The fourth-order valence-corrected chi connectivity index (χ4v) is 1.60. The lowest BCUT2D eigenvalue weighted by atomic mass is 10.00. The highest BCUT2D eigenvalue weighted by Crippen LogP contribution is 2.11. The van der Waals surface area contributed by atoms with E-state index in [9.17, 15) is 4.79 Å². The van der Waals surface area contributed by atoms with Crippen LogP contribution in [0.5, 0.6) is 0 Å². The van der Waals surface area contributed by atoms with E-state index >= 15 is 0 Å². The number of aliphatic carboxylic acids is 1. The van der Waals surface area contributed by atoms with Crippen LogP contribution < -0.4 is 22.8 Å². The number of aryl methyl sites for hydroxylation is 1. The normalized spacial score (nSPS) is 12.0. The van der Waals surface area contributed by atoms with E-state index in [0.717, 1.165) is 12.0 Å². The molecule has 0 saturated heterocycles. The van der Waals surface area contributed by atoms with Gasteiger partial charge in [0.05, 0.1) is 5.92 Å². The average molecular weight is 296 g/mol. The summed E-state index contributed by atoms with van der Waals surface area (Å²) < 4.78 is 0. The first-order valence-electron chi connectivity index (χ1n) is 6.58. The summed E-state index contributed by atoms with van der Waals surface area (Å²) in [5.41, 5.74) is 8.76. The van der Waals surface area contributed by atoms with Crippen molar-refractivity contribution in [3.63, 3.8) is 0 Å². The number of anilines is 1. The third kappa shape index (κ3) is 8.43. The summed E-state index contributed by atoms with van der Waals surface area (Å²) in [6, 6.07) is 3.75. The van der Waals surface area contributed by atoms with Crippen molar-refractivity contribution in [2.45, 2.75) is 33.1 Å². The van der Waals surface area contributed by atoms with Gasteiger partial charge in [0.25, 0.3) is 0 Å². The number of carboxylic acids is 1. The quantitative estimate of drug-likeness (QED) is 0.230. The minimum absolute atomic E-state index is 0.246. The second-order valence-corrected chi connectivity index (χ2v) is 4.51. The predicted octanol–water partition coefficient (Wildman–Crippen LogP) is 0.585. The molecule has 0 fully saturated rings. The predicted molar refractivity (Wildman–Crippen MR) is 83.0 cm³/mol. The van der Waals surface area contributed by atoms with Crippen molar-refractivity contribution in [3.8, 4) is 0 Å². The molecule has 1 unspecified atom stereocenters. The van der Waals surface area contributed by atoms with E-state index < -0.39 is 11.9 Å². The van der Waals surface area contributed by atoms with Gasteiger partial charge in [-0.1, -0.05) is 13.3 Å². The molecule has 0 radical (unpaired) electrons. The van der Waals surface area contributed by atoms with Crippen LogP contribution in [0, 0.1) is 12.8 Å². The molecule has 21 heavy (non-hydrogen) atoms. The van der Waals surface area contributed by atoms with Gasteiger partial charge in [0.1, 0.15) is 11.7 Å². The highest BCUT2D eigenvalue weighted by molar-refractivity contribution is 5.85. The van der Waals surface area contributed by atoms with Crippen molar-refractivity contribution in [1.29, 1.82) is 0 Å². The van der Waals surface area contributed by atoms with Gasteiger partial charge < -0.3 is 22.1 Å². The number of rotatable bonds is 5. The first-order valence-corrected chi connectivity index (χ1v) is 6.58. The first-order chi connectivity index (χ1) is 9.94. The Hall–Kier alpha value is -2.35. The molecule has 8 N–H and O–H groups in total. The van der Waals surface area contributed by atoms with Gasteiger partial charge in [0.2, 0.25) is 0 Å². The van der Waals surface area contributed by atoms with E-state index in [1.54, 1.807) is 6.20 Å². The van der Waals surface area contributed by atoms with Crippen LogP contribution in [0.1, 0.15) is 31.7 Å². The molecule has 1 aromatic rings. The third-order valence-corrected chi connectivity index (χ3v) is 2.69. The summed E-state index contributed by atoms with van der Waals surface area (Å²) >= 11 is 0. The molecule has 1 heterocycles. The minimum atomic E-state index is -0.849. The largest absolute Gasteiger partial charge is 0.481 e. The Bertz CT molecular complexity index is 446. The highest BCUT2D eigenvalue weighted by atomic mass is 16.4. The molecular formula is C13H24N6O2. The van der Waals surface area contributed by atoms with Gasteiger partial charge in [-0.05, 0) is 31.0 Å². The number of hydrogen-bond donors (Lipinski definition) is 5. The summed E-state index contributed by atoms with van der Waals surface area (Å²) in [6.45, 7) is 3.91. The van der Waals surface area contributed by atoms with Crippen LogP contribution in [0.3, 0.4) is 0 Å². The number of pyridine rings is 1. The summed E-state index contributed by atoms with van der Waals surface area (Å²) in [5, 5.41) is 12.1. The lowest BCUT2D eigenvalue weighted by Crippen LogP contribution is -2.34. The molecule has 0 aliphatic carbocycles. The fraction of sp³-hybridized carbons (Fsp3) is 0.462. The van der Waals surface area contributed by atoms with E-state index in [1.165, 1.54) is 0 Å². The highest BCUT2D eigenvalue weighted by Gasteiger charge is 2.18. The Kier molecular flexibility index (Phi) is 9.27. The summed E-state index contributed by atoms with van der Waals surface area (Å²) in [7, 11) is 0. The van der Waals surface area contributed by atoms with Crippen molar-refractivity contribution in [2.24, 2.45) is 22.7 Å². The zero-order chi connectivity index (χ0) is 16.3. The average Bonchev–Trinajstić information content (AvgIpc) is 2.43. The lowest BCUT2D eigenvalue weighted by Gasteiger charge is -2.11. The summed E-state index contributed by atoms with van der Waals surface area (Å²) in [6.07, 6.45) is 3.34. The first kappa shape index (κ1) is 18.7. The number of hydrazone groups is 1. The molecule has 8 heteroatoms. The van der Waals surface area contributed by atoms with Crippen molar-refractivity contribution in [3.05, 3.63) is 23.9 Å². The van der Waals surface area contributed by atoms with Crippen LogP contribution >= 0.6 is 0 Å². The van der Waals surface area contributed by atoms with Gasteiger partial charge in [-0.15, -0.1) is 0 Å². The standard InChI is InChI=1S/C7H16N4O2.C6H8N2/c1-2-3-5(7(12)13)4-6(10-8)11-9;1-5-2-3-8-6(7)4-5/h5H,2-4,8-9H2,1H3,(H,10,11)(H,12,13);2-4H,1H3,(H2,7,8). The van der Waals surface area contributed by atoms with Crippen LogP contribution in [0.2, 0.25) is 0 Å². The molecular weight excluding hydrogens is 272 g/mol. The maximum absolute atomic E-state index is 10.7. The van der Waals surface area contributed by atoms with Crippen molar-refractivity contribution in [1.82, 2.24) is 10.4 Å². The molecule has 1 rings (SSSR count). The Morgan fingerprint density at radius 1 is 1.57 bits per heavy atom. The Morgan fingerprint density at radius 3 is 2.57 bits per heavy atom. The van der Waals surface area contributed by atoms with Crippen LogP contribution in [0.25, 0.3) is 0 Å². The molecule has 1 atom stereocenters. The van der Waals surface area contributed by atoms with Gasteiger partial charge in [0, 0.05) is 12.6 Å². The fourth-order valence-electron chi connectivity index (χ4n) is 1.60. The van der Waals surface area contributed by atoms with E-state index in [1.807, 2.05) is 26.0 Å². The van der Waals surface area contributed by atoms with Gasteiger partial charge in [0.15, 0.2) is 0 Å². The van der Waals surface area contributed by atoms with Crippen molar-refractivity contribution >= 4 is 17.6 Å². The molecule has 118 valence electrons. The van der Waals surface area contributed by atoms with Gasteiger partial charge in [-0.25, -0.2) is 10.8 Å². The molecule has 0 aromatic carbocycles. The smallest absolute Gasteiger partial charge is 0.306 e. The monoisotopic (exact) mass is 296 g/mol. The number of nitrogens with zero attached hydrogens (tertiary/aromatic N) is 2. The number of hydrazine groups is 1. The van der Waals surface area contributed by atoms with Crippen molar-refractivity contribution < 1.29 is 9.90 Å². The molecule has 0 bridgehead atoms. The van der Waals surface area contributed by atoms with Gasteiger partial charge >= 0.3 is 5.97 Å². The van der Waals surface area contributed by atoms with Crippen LogP contribution in [-0.4, -0.2) is 21.9 Å².